The number of para-hydroxylation sites is 1. The molecule has 0 saturated carbocycles. The first kappa shape index (κ1) is 40.7. The van der Waals surface area contributed by atoms with Crippen molar-refractivity contribution in [3.8, 4) is 5.75 Å². The van der Waals surface area contributed by atoms with Crippen LogP contribution in [0, 0.1) is 0 Å². The molecule has 0 unspecified atom stereocenters. The summed E-state index contributed by atoms with van der Waals surface area (Å²) < 4.78 is 0. The monoisotopic (exact) mass is 587 g/mol. The van der Waals surface area contributed by atoms with Crippen molar-refractivity contribution in [3.63, 3.8) is 0 Å². The van der Waals surface area contributed by atoms with E-state index >= 15 is 0 Å². The summed E-state index contributed by atoms with van der Waals surface area (Å²) in [5.74, 6) is 0.457. The summed E-state index contributed by atoms with van der Waals surface area (Å²) in [5.41, 5.74) is 6.56. The molecule has 0 radical (unpaired) electrons. The Kier molecular flexibility index (Phi) is 34.7. The van der Waals surface area contributed by atoms with Gasteiger partial charge in [-0.1, -0.05) is 160 Å². The second kappa shape index (κ2) is 35.9. The molecule has 0 bridgehead atoms. The molecular weight excluding hydrogens is 512 g/mol. The van der Waals surface area contributed by atoms with Crippen LogP contribution in [0.1, 0.15) is 180 Å². The Morgan fingerprint density at radius 1 is 0.548 bits per heavy atom. The standard InChI is InChI=1S/C21H44N2.C18H30O/c1-2-3-4-5-6-7-8-9-10-11-12-13-14-15-16-17-20-23-21-18-19-22;1-2-3-4-5-6-7-8-9-10-11-14-17-15-12-13-16-18(17)19/h9-10,23H,2-8,11-22H2,1H3;12-13,15-16,19H,2-11,14H2,1H3/b10-9-;. The Labute approximate surface area is 263 Å². The van der Waals surface area contributed by atoms with Crippen molar-refractivity contribution < 1.29 is 5.11 Å². The van der Waals surface area contributed by atoms with Gasteiger partial charge in [0.15, 0.2) is 0 Å². The number of rotatable bonds is 30. The van der Waals surface area contributed by atoms with Gasteiger partial charge in [0.2, 0.25) is 0 Å². The van der Waals surface area contributed by atoms with E-state index in [4.69, 9.17) is 5.73 Å². The van der Waals surface area contributed by atoms with E-state index in [1.54, 1.807) is 6.07 Å². The van der Waals surface area contributed by atoms with E-state index in [0.29, 0.717) is 5.75 Å². The minimum Gasteiger partial charge on any atom is -0.508 e. The summed E-state index contributed by atoms with van der Waals surface area (Å²) in [6.07, 6.45) is 39.9. The number of aromatic hydroxyl groups is 1. The van der Waals surface area contributed by atoms with Gasteiger partial charge < -0.3 is 16.2 Å². The zero-order chi connectivity index (χ0) is 30.6. The van der Waals surface area contributed by atoms with Crippen LogP contribution in [0.15, 0.2) is 36.4 Å². The van der Waals surface area contributed by atoms with E-state index in [1.165, 1.54) is 161 Å². The highest BCUT2D eigenvalue weighted by Gasteiger charge is 1.99. The fourth-order valence-corrected chi connectivity index (χ4v) is 5.37. The largest absolute Gasteiger partial charge is 0.508 e. The third-order valence-electron chi connectivity index (χ3n) is 8.21. The molecule has 0 saturated heterocycles. The number of hydrogen-bond donors (Lipinski definition) is 3. The topological polar surface area (TPSA) is 58.3 Å². The molecule has 0 heterocycles. The number of nitrogens with two attached hydrogens (primary N) is 1. The SMILES string of the molecule is CCCCCCCC/C=C\CCCCCCCCNCCCN.CCCCCCCCCCCCc1ccccc1O. The lowest BCUT2D eigenvalue weighted by atomic mass is 10.0. The van der Waals surface area contributed by atoms with E-state index in [9.17, 15) is 5.11 Å². The summed E-state index contributed by atoms with van der Waals surface area (Å²) in [7, 11) is 0. The Balaban J connectivity index is 0.000000813. The van der Waals surface area contributed by atoms with Crippen LogP contribution >= 0.6 is 0 Å². The molecule has 3 heteroatoms. The molecule has 0 aromatic heterocycles. The first-order valence-corrected chi connectivity index (χ1v) is 18.6. The lowest BCUT2D eigenvalue weighted by molar-refractivity contribution is 0.466. The number of allylic oxidation sites excluding steroid dienone is 2. The van der Waals surface area contributed by atoms with Crippen LogP contribution in [-0.2, 0) is 6.42 Å². The Morgan fingerprint density at radius 2 is 0.976 bits per heavy atom. The maximum atomic E-state index is 9.65. The van der Waals surface area contributed by atoms with Crippen LogP contribution in [0.5, 0.6) is 5.75 Å². The zero-order valence-corrected chi connectivity index (χ0v) is 28.5. The molecule has 0 aliphatic carbocycles. The van der Waals surface area contributed by atoms with Crippen LogP contribution in [0.4, 0.5) is 0 Å². The highest BCUT2D eigenvalue weighted by atomic mass is 16.3. The number of aryl methyl sites for hydroxylation is 1. The van der Waals surface area contributed by atoms with Crippen molar-refractivity contribution in [3.05, 3.63) is 42.0 Å². The normalized spacial score (nSPS) is 11.2. The van der Waals surface area contributed by atoms with E-state index in [0.717, 1.165) is 31.5 Å². The molecule has 0 spiro atoms. The number of nitrogens with one attached hydrogen (secondary N) is 1. The van der Waals surface area contributed by atoms with E-state index in [2.05, 4.69) is 31.3 Å². The van der Waals surface area contributed by atoms with Crippen molar-refractivity contribution in [2.75, 3.05) is 19.6 Å². The lowest BCUT2D eigenvalue weighted by Gasteiger charge is -2.04. The molecule has 1 aromatic carbocycles. The van der Waals surface area contributed by atoms with Crippen molar-refractivity contribution in [2.24, 2.45) is 5.73 Å². The van der Waals surface area contributed by atoms with Gasteiger partial charge in [-0.15, -0.1) is 0 Å². The molecule has 0 fully saturated rings. The number of phenolic OH excluding ortho intramolecular Hbond substituents is 1. The van der Waals surface area contributed by atoms with Crippen LogP contribution in [0.25, 0.3) is 0 Å². The van der Waals surface area contributed by atoms with Gasteiger partial charge in [-0.2, -0.15) is 0 Å². The molecule has 4 N–H and O–H groups in total. The maximum absolute atomic E-state index is 9.65. The predicted molar refractivity (Wildman–Crippen MR) is 190 cm³/mol. The first-order chi connectivity index (χ1) is 20.8. The van der Waals surface area contributed by atoms with E-state index in [1.807, 2.05) is 18.2 Å². The summed E-state index contributed by atoms with van der Waals surface area (Å²) in [6, 6.07) is 7.71. The minimum atomic E-state index is 0.457. The number of unbranched alkanes of at least 4 members (excludes halogenated alkanes) is 21. The molecule has 1 aromatic rings. The molecule has 246 valence electrons. The van der Waals surface area contributed by atoms with E-state index < -0.39 is 0 Å². The average Bonchev–Trinajstić information content (AvgIpc) is 3.00. The fraction of sp³-hybridized carbons (Fsp3) is 0.795. The molecular formula is C39H74N2O. The highest BCUT2D eigenvalue weighted by Crippen LogP contribution is 2.19. The van der Waals surface area contributed by atoms with Crippen LogP contribution in [0.2, 0.25) is 0 Å². The highest BCUT2D eigenvalue weighted by molar-refractivity contribution is 5.31. The van der Waals surface area contributed by atoms with Crippen LogP contribution in [-0.4, -0.2) is 24.7 Å². The summed E-state index contributed by atoms with van der Waals surface area (Å²) >= 11 is 0. The molecule has 1 rings (SSSR count). The maximum Gasteiger partial charge on any atom is 0.118 e. The van der Waals surface area contributed by atoms with Crippen LogP contribution < -0.4 is 11.1 Å². The van der Waals surface area contributed by atoms with Crippen LogP contribution in [0.3, 0.4) is 0 Å². The predicted octanol–water partition coefficient (Wildman–Crippen LogP) is 11.8. The van der Waals surface area contributed by atoms with Gasteiger partial charge in [0.25, 0.3) is 0 Å². The zero-order valence-electron chi connectivity index (χ0n) is 28.5. The molecule has 3 nitrogen and oxygen atoms in total. The summed E-state index contributed by atoms with van der Waals surface area (Å²) in [5, 5.41) is 13.1. The van der Waals surface area contributed by atoms with Crippen molar-refractivity contribution in [1.29, 1.82) is 0 Å². The Hall–Kier alpha value is -1.32. The van der Waals surface area contributed by atoms with Gasteiger partial charge in [-0.05, 0) is 82.6 Å². The number of benzene rings is 1. The molecule has 0 atom stereocenters. The van der Waals surface area contributed by atoms with Gasteiger partial charge in [0, 0.05) is 0 Å². The fourth-order valence-electron chi connectivity index (χ4n) is 5.37. The molecule has 42 heavy (non-hydrogen) atoms. The average molecular weight is 587 g/mol. The van der Waals surface area contributed by atoms with Gasteiger partial charge in [0.05, 0.1) is 0 Å². The third kappa shape index (κ3) is 31.6. The van der Waals surface area contributed by atoms with Crippen molar-refractivity contribution >= 4 is 0 Å². The summed E-state index contributed by atoms with van der Waals surface area (Å²) in [6.45, 7) is 7.61. The quantitative estimate of drug-likeness (QED) is 0.0620. The van der Waals surface area contributed by atoms with Crippen molar-refractivity contribution in [2.45, 2.75) is 181 Å². The Bertz CT molecular complexity index is 660. The number of hydrogen-bond acceptors (Lipinski definition) is 3. The van der Waals surface area contributed by atoms with Gasteiger partial charge in [0.1, 0.15) is 5.75 Å². The lowest BCUT2D eigenvalue weighted by Crippen LogP contribution is -2.19. The number of phenols is 1. The second-order valence-corrected chi connectivity index (χ2v) is 12.4. The second-order valence-electron chi connectivity index (χ2n) is 12.4. The van der Waals surface area contributed by atoms with Crippen molar-refractivity contribution in [1.82, 2.24) is 5.32 Å². The summed E-state index contributed by atoms with van der Waals surface area (Å²) in [4.78, 5) is 0. The van der Waals surface area contributed by atoms with Gasteiger partial charge >= 0.3 is 0 Å². The van der Waals surface area contributed by atoms with E-state index in [-0.39, 0.29) is 0 Å². The first-order valence-electron chi connectivity index (χ1n) is 18.6. The Morgan fingerprint density at radius 3 is 1.48 bits per heavy atom. The molecule has 0 amide bonds. The van der Waals surface area contributed by atoms with Gasteiger partial charge in [-0.25, -0.2) is 0 Å². The molecule has 0 aliphatic heterocycles. The van der Waals surface area contributed by atoms with Gasteiger partial charge in [-0.3, -0.25) is 0 Å². The third-order valence-corrected chi connectivity index (χ3v) is 8.21. The molecule has 0 aliphatic rings. The minimum absolute atomic E-state index is 0.457. The smallest absolute Gasteiger partial charge is 0.118 e.